The van der Waals surface area contributed by atoms with E-state index in [-0.39, 0.29) is 12.2 Å². The lowest BCUT2D eigenvalue weighted by Crippen LogP contribution is -2.09. The van der Waals surface area contributed by atoms with Crippen LogP contribution in [0.4, 0.5) is 0 Å². The number of nitrogens with zero attached hydrogens (tertiary/aromatic N) is 3. The van der Waals surface area contributed by atoms with Crippen LogP contribution < -0.4 is 0 Å². The minimum atomic E-state index is -0.0475. The van der Waals surface area contributed by atoms with Crippen molar-refractivity contribution in [3.05, 3.63) is 34.1 Å². The van der Waals surface area contributed by atoms with E-state index in [9.17, 15) is 4.79 Å². The Balaban J connectivity index is 2.25. The zero-order valence-corrected chi connectivity index (χ0v) is 10.6. The van der Waals surface area contributed by atoms with Gasteiger partial charge in [-0.2, -0.15) is 5.10 Å². The minimum absolute atomic E-state index is 0.0475. The molecule has 2 rings (SSSR count). The lowest BCUT2D eigenvalue weighted by molar-refractivity contribution is 0.0981. The van der Waals surface area contributed by atoms with Crippen LogP contribution in [-0.4, -0.2) is 25.5 Å². The zero-order valence-electron chi connectivity index (χ0n) is 8.99. The second-order valence-corrected chi connectivity index (χ2v) is 4.30. The number of aromatic amines is 1. The molecule has 2 heterocycles. The van der Waals surface area contributed by atoms with Crippen molar-refractivity contribution in [2.24, 2.45) is 7.05 Å². The van der Waals surface area contributed by atoms with Crippen LogP contribution in [0.15, 0.2) is 16.9 Å². The van der Waals surface area contributed by atoms with Gasteiger partial charge in [0, 0.05) is 19.4 Å². The number of ketones is 1. The van der Waals surface area contributed by atoms with E-state index < -0.39 is 0 Å². The molecule has 0 saturated heterocycles. The number of rotatable bonds is 3. The molecule has 2 aromatic rings. The number of Topliss-reactive ketones (excluding diaryl/α,β-unsaturated/α-hetero) is 1. The molecule has 0 spiro atoms. The number of halogens is 1. The van der Waals surface area contributed by atoms with Gasteiger partial charge in [0.2, 0.25) is 5.78 Å². The second-order valence-electron chi connectivity index (χ2n) is 3.51. The highest BCUT2D eigenvalue weighted by atomic mass is 79.9. The normalized spacial score (nSPS) is 10.7. The Morgan fingerprint density at radius 2 is 2.38 bits per heavy atom. The highest BCUT2D eigenvalue weighted by molar-refractivity contribution is 9.10. The molecule has 1 N–H and O–H groups in total. The minimum Gasteiger partial charge on any atom is -0.342 e. The van der Waals surface area contributed by atoms with Gasteiger partial charge in [-0.25, -0.2) is 4.98 Å². The van der Waals surface area contributed by atoms with E-state index in [0.717, 1.165) is 15.9 Å². The Morgan fingerprint density at radius 3 is 2.88 bits per heavy atom. The fourth-order valence-corrected chi connectivity index (χ4v) is 2.00. The lowest BCUT2D eigenvalue weighted by atomic mass is 10.2. The van der Waals surface area contributed by atoms with Crippen LogP contribution in [0.1, 0.15) is 22.0 Å². The molecule has 2 aromatic heterocycles. The maximum Gasteiger partial charge on any atom is 0.203 e. The first-order valence-corrected chi connectivity index (χ1v) is 5.59. The number of aromatic nitrogens is 4. The molecule has 0 aliphatic heterocycles. The molecule has 5 nitrogen and oxygen atoms in total. The quantitative estimate of drug-likeness (QED) is 0.871. The molecule has 84 valence electrons. The third-order valence-electron chi connectivity index (χ3n) is 2.35. The number of hydrogen-bond acceptors (Lipinski definition) is 3. The third kappa shape index (κ3) is 1.92. The highest BCUT2D eigenvalue weighted by Gasteiger charge is 2.16. The number of H-pyrrole nitrogens is 1. The van der Waals surface area contributed by atoms with Crippen LogP contribution in [0.2, 0.25) is 0 Å². The molecule has 0 aliphatic rings. The van der Waals surface area contributed by atoms with Gasteiger partial charge in [0.05, 0.1) is 22.3 Å². The van der Waals surface area contributed by atoms with E-state index in [0.29, 0.717) is 5.82 Å². The number of nitrogens with one attached hydrogen (secondary N) is 1. The fourth-order valence-electron chi connectivity index (χ4n) is 1.53. The summed E-state index contributed by atoms with van der Waals surface area (Å²) < 4.78 is 2.59. The third-order valence-corrected chi connectivity index (χ3v) is 3.38. The van der Waals surface area contributed by atoms with E-state index in [4.69, 9.17) is 0 Å². The summed E-state index contributed by atoms with van der Waals surface area (Å²) in [6.07, 6.45) is 3.49. The van der Waals surface area contributed by atoms with Gasteiger partial charge >= 0.3 is 0 Å². The number of imidazole rings is 1. The second kappa shape index (κ2) is 4.21. The Labute approximate surface area is 101 Å². The van der Waals surface area contributed by atoms with Crippen LogP contribution in [0, 0.1) is 6.92 Å². The molecule has 0 radical (unpaired) electrons. The Bertz CT molecular complexity index is 515. The van der Waals surface area contributed by atoms with E-state index in [1.165, 1.54) is 0 Å². The van der Waals surface area contributed by atoms with E-state index >= 15 is 0 Å². The van der Waals surface area contributed by atoms with Crippen molar-refractivity contribution in [1.29, 1.82) is 0 Å². The summed E-state index contributed by atoms with van der Waals surface area (Å²) in [6.45, 7) is 1.89. The van der Waals surface area contributed by atoms with Gasteiger partial charge in [-0.1, -0.05) is 0 Å². The molecule has 0 amide bonds. The molecule has 0 fully saturated rings. The lowest BCUT2D eigenvalue weighted by Gasteiger charge is -2.00. The summed E-state index contributed by atoms with van der Waals surface area (Å²) in [4.78, 5) is 18.6. The van der Waals surface area contributed by atoms with Gasteiger partial charge in [-0.05, 0) is 22.9 Å². The molecule has 16 heavy (non-hydrogen) atoms. The van der Waals surface area contributed by atoms with Gasteiger partial charge in [-0.3, -0.25) is 9.48 Å². The SMILES string of the molecule is Cc1nn(C)c(CC(=O)c2ncc[nH]2)c1Br. The van der Waals surface area contributed by atoms with Crippen molar-refractivity contribution >= 4 is 21.7 Å². The number of hydrogen-bond donors (Lipinski definition) is 1. The summed E-state index contributed by atoms with van der Waals surface area (Å²) in [7, 11) is 1.82. The molecule has 0 aliphatic carbocycles. The molecule has 0 aromatic carbocycles. The topological polar surface area (TPSA) is 63.6 Å². The Hall–Kier alpha value is -1.43. The first-order chi connectivity index (χ1) is 7.59. The molecular weight excluding hydrogens is 272 g/mol. The predicted molar refractivity (Wildman–Crippen MR) is 62.3 cm³/mol. The van der Waals surface area contributed by atoms with Gasteiger partial charge in [0.25, 0.3) is 0 Å². The maximum absolute atomic E-state index is 11.8. The van der Waals surface area contributed by atoms with Crippen molar-refractivity contribution in [1.82, 2.24) is 19.7 Å². The first-order valence-electron chi connectivity index (χ1n) is 4.80. The number of carbonyl (C=O) groups excluding carboxylic acids is 1. The van der Waals surface area contributed by atoms with Gasteiger partial charge in [0.15, 0.2) is 5.82 Å². The van der Waals surface area contributed by atoms with E-state index in [2.05, 4.69) is 31.0 Å². The average Bonchev–Trinajstić information content (AvgIpc) is 2.83. The summed E-state index contributed by atoms with van der Waals surface area (Å²) in [5.41, 5.74) is 1.74. The van der Waals surface area contributed by atoms with Crippen LogP contribution in [0.5, 0.6) is 0 Å². The predicted octanol–water partition coefficient (Wildman–Crippen LogP) is 1.64. The van der Waals surface area contributed by atoms with Crippen LogP contribution in [-0.2, 0) is 13.5 Å². The van der Waals surface area contributed by atoms with Crippen LogP contribution in [0.25, 0.3) is 0 Å². The Kier molecular flexibility index (Phi) is 2.91. The average molecular weight is 283 g/mol. The Morgan fingerprint density at radius 1 is 1.62 bits per heavy atom. The van der Waals surface area contributed by atoms with Crippen LogP contribution >= 0.6 is 15.9 Å². The fraction of sp³-hybridized carbons (Fsp3) is 0.300. The zero-order chi connectivity index (χ0) is 11.7. The van der Waals surface area contributed by atoms with Crippen molar-refractivity contribution in [2.45, 2.75) is 13.3 Å². The van der Waals surface area contributed by atoms with E-state index in [1.54, 1.807) is 17.1 Å². The summed E-state index contributed by atoms with van der Waals surface area (Å²) in [5, 5.41) is 4.23. The first kappa shape index (κ1) is 11.1. The smallest absolute Gasteiger partial charge is 0.203 e. The molecule has 0 unspecified atom stereocenters. The van der Waals surface area contributed by atoms with Gasteiger partial charge in [-0.15, -0.1) is 0 Å². The summed E-state index contributed by atoms with van der Waals surface area (Å²) in [6, 6.07) is 0. The molecule has 0 bridgehead atoms. The molecular formula is C10H11BrN4O. The van der Waals surface area contributed by atoms with Crippen LogP contribution in [0.3, 0.4) is 0 Å². The maximum atomic E-state index is 11.8. The molecule has 0 atom stereocenters. The van der Waals surface area contributed by atoms with Crippen molar-refractivity contribution in [2.75, 3.05) is 0 Å². The number of carbonyl (C=O) groups is 1. The van der Waals surface area contributed by atoms with E-state index in [1.807, 2.05) is 14.0 Å². The highest BCUT2D eigenvalue weighted by Crippen LogP contribution is 2.21. The monoisotopic (exact) mass is 282 g/mol. The molecule has 0 saturated carbocycles. The largest absolute Gasteiger partial charge is 0.342 e. The summed E-state index contributed by atoms with van der Waals surface area (Å²) in [5.74, 6) is 0.333. The van der Waals surface area contributed by atoms with Crippen molar-refractivity contribution < 1.29 is 4.79 Å². The number of aryl methyl sites for hydroxylation is 2. The summed E-state index contributed by atoms with van der Waals surface area (Å²) >= 11 is 3.43. The van der Waals surface area contributed by atoms with Crippen molar-refractivity contribution in [3.63, 3.8) is 0 Å². The van der Waals surface area contributed by atoms with Crippen molar-refractivity contribution in [3.8, 4) is 0 Å². The van der Waals surface area contributed by atoms with Gasteiger partial charge in [0.1, 0.15) is 0 Å². The molecule has 6 heteroatoms. The standard InChI is InChI=1S/C10H11BrN4O/c1-6-9(11)7(15(2)14-6)5-8(16)10-12-3-4-13-10/h3-4H,5H2,1-2H3,(H,12,13). The van der Waals surface area contributed by atoms with Gasteiger partial charge < -0.3 is 4.98 Å².